The third kappa shape index (κ3) is 4.66. The zero-order valence-corrected chi connectivity index (χ0v) is 19.2. The van der Waals surface area contributed by atoms with Crippen LogP contribution in [0.5, 0.6) is 0 Å². The smallest absolute Gasteiger partial charge is 0.381 e. The molecule has 0 unspecified atom stereocenters. The minimum absolute atomic E-state index is 0.0943. The van der Waals surface area contributed by atoms with Crippen molar-refractivity contribution in [3.8, 4) is 0 Å². The number of nitrogens with zero attached hydrogens (tertiary/aromatic N) is 3. The second kappa shape index (κ2) is 8.82. The average molecular weight is 511 g/mol. The van der Waals surface area contributed by atoms with Crippen molar-refractivity contribution in [3.05, 3.63) is 51.4 Å². The van der Waals surface area contributed by atoms with Gasteiger partial charge in [0.25, 0.3) is 5.91 Å². The van der Waals surface area contributed by atoms with Gasteiger partial charge in [-0.15, -0.1) is 0 Å². The SMILES string of the molecule is Cc1nn(CC2CCOCC2)c(C)c1NC(=O)c1cc(C(F)(F)F)nc2ccc(Br)cc12. The van der Waals surface area contributed by atoms with Gasteiger partial charge in [0, 0.05) is 29.6 Å². The Labute approximate surface area is 191 Å². The summed E-state index contributed by atoms with van der Waals surface area (Å²) in [4.78, 5) is 16.8. The maximum absolute atomic E-state index is 13.4. The molecule has 10 heteroatoms. The van der Waals surface area contributed by atoms with Gasteiger partial charge in [-0.2, -0.15) is 18.3 Å². The fraction of sp³-hybridized carbons (Fsp3) is 0.409. The van der Waals surface area contributed by atoms with Gasteiger partial charge >= 0.3 is 6.18 Å². The van der Waals surface area contributed by atoms with E-state index in [0.717, 1.165) is 37.8 Å². The molecule has 32 heavy (non-hydrogen) atoms. The molecule has 2 aromatic heterocycles. The molecule has 1 aliphatic heterocycles. The number of amides is 1. The fourth-order valence-electron chi connectivity index (χ4n) is 3.94. The highest BCUT2D eigenvalue weighted by molar-refractivity contribution is 9.10. The predicted octanol–water partition coefficient (Wildman–Crippen LogP) is 5.51. The molecule has 1 amide bonds. The normalized spacial score (nSPS) is 15.3. The van der Waals surface area contributed by atoms with Crippen LogP contribution in [0.1, 0.15) is 40.3 Å². The Morgan fingerprint density at radius 1 is 1.25 bits per heavy atom. The maximum Gasteiger partial charge on any atom is 0.433 e. The van der Waals surface area contributed by atoms with Gasteiger partial charge in [-0.1, -0.05) is 15.9 Å². The van der Waals surface area contributed by atoms with Crippen LogP contribution in [0.4, 0.5) is 18.9 Å². The number of carbonyl (C=O) groups excluding carboxylic acids is 1. The van der Waals surface area contributed by atoms with E-state index in [-0.39, 0.29) is 11.1 Å². The molecule has 1 aromatic carbocycles. The number of carbonyl (C=O) groups is 1. The van der Waals surface area contributed by atoms with Crippen molar-refractivity contribution in [2.24, 2.45) is 5.92 Å². The van der Waals surface area contributed by atoms with Crippen molar-refractivity contribution >= 4 is 38.4 Å². The number of fused-ring (bicyclic) bond motifs is 1. The number of nitrogens with one attached hydrogen (secondary N) is 1. The van der Waals surface area contributed by atoms with Crippen LogP contribution in [0.25, 0.3) is 10.9 Å². The maximum atomic E-state index is 13.4. The second-order valence-electron chi connectivity index (χ2n) is 7.95. The molecule has 1 saturated heterocycles. The molecular weight excluding hydrogens is 489 g/mol. The first-order valence-corrected chi connectivity index (χ1v) is 11.0. The molecule has 4 rings (SSSR count). The van der Waals surface area contributed by atoms with Crippen molar-refractivity contribution in [3.63, 3.8) is 0 Å². The number of alkyl halides is 3. The van der Waals surface area contributed by atoms with Gasteiger partial charge in [-0.3, -0.25) is 9.48 Å². The molecule has 6 nitrogen and oxygen atoms in total. The minimum Gasteiger partial charge on any atom is -0.381 e. The fourth-order valence-corrected chi connectivity index (χ4v) is 4.30. The summed E-state index contributed by atoms with van der Waals surface area (Å²) in [6.45, 7) is 5.76. The van der Waals surface area contributed by atoms with E-state index in [4.69, 9.17) is 4.74 Å². The quantitative estimate of drug-likeness (QED) is 0.502. The van der Waals surface area contributed by atoms with Crippen LogP contribution in [-0.2, 0) is 17.5 Å². The summed E-state index contributed by atoms with van der Waals surface area (Å²) in [5, 5.41) is 7.66. The number of hydrogen-bond donors (Lipinski definition) is 1. The van der Waals surface area contributed by atoms with E-state index in [1.54, 1.807) is 19.1 Å². The Kier molecular flexibility index (Phi) is 6.26. The minimum atomic E-state index is -4.67. The first kappa shape index (κ1) is 22.7. The number of halogens is 4. The Balaban J connectivity index is 1.67. The number of rotatable bonds is 4. The van der Waals surface area contributed by atoms with E-state index >= 15 is 0 Å². The van der Waals surface area contributed by atoms with Gasteiger partial charge in [0.1, 0.15) is 5.69 Å². The van der Waals surface area contributed by atoms with Crippen molar-refractivity contribution in [2.45, 2.75) is 39.4 Å². The summed E-state index contributed by atoms with van der Waals surface area (Å²) in [7, 11) is 0. The molecule has 170 valence electrons. The topological polar surface area (TPSA) is 69.0 Å². The highest BCUT2D eigenvalue weighted by Gasteiger charge is 2.34. The van der Waals surface area contributed by atoms with E-state index in [9.17, 15) is 18.0 Å². The van der Waals surface area contributed by atoms with Crippen molar-refractivity contribution < 1.29 is 22.7 Å². The number of aryl methyl sites for hydroxylation is 1. The molecule has 0 spiro atoms. The van der Waals surface area contributed by atoms with Crippen LogP contribution in [-0.4, -0.2) is 33.9 Å². The van der Waals surface area contributed by atoms with Gasteiger partial charge in [-0.25, -0.2) is 4.98 Å². The van der Waals surface area contributed by atoms with Crippen LogP contribution in [0, 0.1) is 19.8 Å². The van der Waals surface area contributed by atoms with E-state index in [1.807, 2.05) is 11.6 Å². The largest absolute Gasteiger partial charge is 0.433 e. The number of hydrogen-bond acceptors (Lipinski definition) is 4. The predicted molar refractivity (Wildman–Crippen MR) is 118 cm³/mol. The molecule has 1 N–H and O–H groups in total. The number of aromatic nitrogens is 3. The summed E-state index contributed by atoms with van der Waals surface area (Å²) in [5.41, 5.74) is 0.768. The van der Waals surface area contributed by atoms with Crippen LogP contribution in [0.2, 0.25) is 0 Å². The lowest BCUT2D eigenvalue weighted by Gasteiger charge is -2.22. The lowest BCUT2D eigenvalue weighted by atomic mass is 10.0. The molecule has 3 heterocycles. The summed E-state index contributed by atoms with van der Waals surface area (Å²) >= 11 is 3.31. The number of benzene rings is 1. The molecule has 1 aliphatic rings. The van der Waals surface area contributed by atoms with Gasteiger partial charge in [0.15, 0.2) is 0 Å². The third-order valence-electron chi connectivity index (χ3n) is 5.70. The van der Waals surface area contributed by atoms with Crippen molar-refractivity contribution in [1.82, 2.24) is 14.8 Å². The van der Waals surface area contributed by atoms with Gasteiger partial charge in [0.05, 0.1) is 28.2 Å². The summed E-state index contributed by atoms with van der Waals surface area (Å²) in [5.74, 6) is -0.209. The van der Waals surface area contributed by atoms with Crippen molar-refractivity contribution in [2.75, 3.05) is 18.5 Å². The van der Waals surface area contributed by atoms with Crippen LogP contribution < -0.4 is 5.32 Å². The van der Waals surface area contributed by atoms with Gasteiger partial charge in [-0.05, 0) is 56.9 Å². The monoisotopic (exact) mass is 510 g/mol. The summed E-state index contributed by atoms with van der Waals surface area (Å²) in [6, 6.07) is 5.42. The Morgan fingerprint density at radius 2 is 1.97 bits per heavy atom. The van der Waals surface area contributed by atoms with Crippen molar-refractivity contribution in [1.29, 1.82) is 0 Å². The lowest BCUT2D eigenvalue weighted by molar-refractivity contribution is -0.140. The Bertz CT molecular complexity index is 1170. The number of pyridine rings is 1. The molecule has 0 saturated carbocycles. The zero-order chi connectivity index (χ0) is 23.0. The summed E-state index contributed by atoms with van der Waals surface area (Å²) in [6.07, 6.45) is -2.78. The standard InChI is InChI=1S/C22H22BrF3N4O2/c1-12-20(13(2)30(29-12)11-14-5-7-32-8-6-14)28-21(31)17-10-19(22(24,25)26)27-18-4-3-15(23)9-16(17)18/h3-4,9-10,14H,5-8,11H2,1-2H3,(H,28,31). The molecule has 0 aliphatic carbocycles. The third-order valence-corrected chi connectivity index (χ3v) is 6.19. The van der Waals surface area contributed by atoms with Gasteiger partial charge in [0.2, 0.25) is 0 Å². The molecule has 0 bridgehead atoms. The molecule has 0 atom stereocenters. The van der Waals surface area contributed by atoms with Crippen LogP contribution in [0.15, 0.2) is 28.7 Å². The van der Waals surface area contributed by atoms with E-state index < -0.39 is 17.8 Å². The molecule has 3 aromatic rings. The highest BCUT2D eigenvalue weighted by Crippen LogP contribution is 2.33. The molecule has 1 fully saturated rings. The Hall–Kier alpha value is -2.46. The first-order chi connectivity index (χ1) is 15.1. The summed E-state index contributed by atoms with van der Waals surface area (Å²) < 4.78 is 48.1. The Morgan fingerprint density at radius 3 is 2.66 bits per heavy atom. The van der Waals surface area contributed by atoms with E-state index in [1.165, 1.54) is 6.07 Å². The van der Waals surface area contributed by atoms with E-state index in [2.05, 4.69) is 31.3 Å². The van der Waals surface area contributed by atoms with Crippen LogP contribution >= 0.6 is 15.9 Å². The van der Waals surface area contributed by atoms with Gasteiger partial charge < -0.3 is 10.1 Å². The second-order valence-corrected chi connectivity index (χ2v) is 8.87. The highest BCUT2D eigenvalue weighted by atomic mass is 79.9. The van der Waals surface area contributed by atoms with Crippen LogP contribution in [0.3, 0.4) is 0 Å². The lowest BCUT2D eigenvalue weighted by Crippen LogP contribution is -2.21. The first-order valence-electron chi connectivity index (χ1n) is 10.2. The zero-order valence-electron chi connectivity index (χ0n) is 17.6. The van der Waals surface area contributed by atoms with E-state index in [0.29, 0.717) is 33.7 Å². The average Bonchev–Trinajstić information content (AvgIpc) is 3.00. The number of ether oxygens (including phenoxy) is 1. The number of anilines is 1. The molecule has 0 radical (unpaired) electrons. The molecular formula is C22H22BrF3N4O2.